The van der Waals surface area contributed by atoms with E-state index in [1.165, 1.54) is 18.4 Å². The molecule has 3 atom stereocenters. The van der Waals surface area contributed by atoms with Gasteiger partial charge in [-0.1, -0.05) is 44.2 Å². The van der Waals surface area contributed by atoms with E-state index in [9.17, 15) is 4.79 Å². The predicted molar refractivity (Wildman–Crippen MR) is 116 cm³/mol. The van der Waals surface area contributed by atoms with E-state index < -0.39 is 0 Å². The van der Waals surface area contributed by atoms with Crippen molar-refractivity contribution in [1.82, 2.24) is 10.2 Å². The van der Waals surface area contributed by atoms with Crippen molar-refractivity contribution in [2.45, 2.75) is 45.1 Å². The first-order valence-electron chi connectivity index (χ1n) is 10.7. The van der Waals surface area contributed by atoms with Crippen LogP contribution < -0.4 is 10.1 Å². The molecule has 1 aliphatic heterocycles. The van der Waals surface area contributed by atoms with Gasteiger partial charge in [-0.3, -0.25) is 0 Å². The smallest absolute Gasteiger partial charge is 0.407 e. The SMILES string of the molecule is COc1ccc([C@@H](C)[C@@H](CN2CCCC2)NC(=O)OCC2=CCC(C)C=C2)cc1. The van der Waals surface area contributed by atoms with Gasteiger partial charge in [0, 0.05) is 12.5 Å². The maximum Gasteiger partial charge on any atom is 0.407 e. The molecule has 0 bridgehead atoms. The molecule has 5 heteroatoms. The van der Waals surface area contributed by atoms with Crippen molar-refractivity contribution in [2.75, 3.05) is 33.4 Å². The van der Waals surface area contributed by atoms with Crippen LogP contribution >= 0.6 is 0 Å². The molecule has 1 saturated heterocycles. The maximum absolute atomic E-state index is 12.5. The van der Waals surface area contributed by atoms with Gasteiger partial charge in [0.15, 0.2) is 0 Å². The molecule has 0 radical (unpaired) electrons. The molecule has 1 unspecified atom stereocenters. The van der Waals surface area contributed by atoms with Gasteiger partial charge in [0.05, 0.1) is 13.2 Å². The zero-order chi connectivity index (χ0) is 20.6. The summed E-state index contributed by atoms with van der Waals surface area (Å²) in [7, 11) is 1.67. The lowest BCUT2D eigenvalue weighted by Crippen LogP contribution is -2.46. The average molecular weight is 399 g/mol. The fourth-order valence-electron chi connectivity index (χ4n) is 3.93. The first kappa shape index (κ1) is 21.4. The van der Waals surface area contributed by atoms with Gasteiger partial charge in [0.25, 0.3) is 0 Å². The minimum absolute atomic E-state index is 0.00936. The molecule has 5 nitrogen and oxygen atoms in total. The number of allylic oxidation sites excluding steroid dienone is 2. The summed E-state index contributed by atoms with van der Waals surface area (Å²) in [6.07, 6.45) is 9.49. The second-order valence-corrected chi connectivity index (χ2v) is 8.25. The Morgan fingerprint density at radius 3 is 2.59 bits per heavy atom. The Kier molecular flexibility index (Phi) is 7.76. The van der Waals surface area contributed by atoms with Crippen LogP contribution in [-0.2, 0) is 4.74 Å². The fourth-order valence-corrected chi connectivity index (χ4v) is 3.93. The van der Waals surface area contributed by atoms with Gasteiger partial charge < -0.3 is 19.7 Å². The molecule has 1 aromatic rings. The molecule has 1 aromatic carbocycles. The number of methoxy groups -OCH3 is 1. The molecule has 158 valence electrons. The number of nitrogens with zero attached hydrogens (tertiary/aromatic N) is 1. The molecule has 1 aliphatic carbocycles. The molecular weight excluding hydrogens is 364 g/mol. The summed E-state index contributed by atoms with van der Waals surface area (Å²) in [6.45, 7) is 7.69. The molecule has 2 aliphatic rings. The number of hydrogen-bond acceptors (Lipinski definition) is 4. The van der Waals surface area contributed by atoms with Gasteiger partial charge >= 0.3 is 6.09 Å². The lowest BCUT2D eigenvalue weighted by atomic mass is 9.93. The molecule has 3 rings (SSSR count). The Morgan fingerprint density at radius 1 is 1.24 bits per heavy atom. The van der Waals surface area contributed by atoms with Crippen molar-refractivity contribution >= 4 is 6.09 Å². The third-order valence-corrected chi connectivity index (χ3v) is 5.96. The number of likely N-dealkylation sites (tertiary alicyclic amines) is 1. The van der Waals surface area contributed by atoms with Crippen LogP contribution in [0, 0.1) is 5.92 Å². The van der Waals surface area contributed by atoms with Crippen molar-refractivity contribution in [2.24, 2.45) is 5.92 Å². The number of carbonyl (C=O) groups excluding carboxylic acids is 1. The van der Waals surface area contributed by atoms with Crippen molar-refractivity contribution in [3.05, 3.63) is 53.6 Å². The molecule has 1 fully saturated rings. The van der Waals surface area contributed by atoms with Crippen LogP contribution in [0.15, 0.2) is 48.1 Å². The Labute approximate surface area is 174 Å². The van der Waals surface area contributed by atoms with Crippen molar-refractivity contribution in [3.8, 4) is 5.75 Å². The lowest BCUT2D eigenvalue weighted by molar-refractivity contribution is 0.146. The van der Waals surface area contributed by atoms with Crippen LogP contribution in [0.3, 0.4) is 0 Å². The highest BCUT2D eigenvalue weighted by atomic mass is 16.5. The largest absolute Gasteiger partial charge is 0.497 e. The van der Waals surface area contributed by atoms with Gasteiger partial charge in [0.1, 0.15) is 12.4 Å². The highest BCUT2D eigenvalue weighted by molar-refractivity contribution is 5.68. The van der Waals surface area contributed by atoms with Gasteiger partial charge in [-0.2, -0.15) is 0 Å². The van der Waals surface area contributed by atoms with Crippen LogP contribution in [0.1, 0.15) is 44.6 Å². The molecule has 1 N–H and O–H groups in total. The zero-order valence-electron chi connectivity index (χ0n) is 17.9. The number of benzene rings is 1. The Bertz CT molecular complexity index is 720. The Hall–Kier alpha value is -2.27. The average Bonchev–Trinajstić information content (AvgIpc) is 3.25. The molecule has 1 heterocycles. The second kappa shape index (κ2) is 10.5. The van der Waals surface area contributed by atoms with E-state index >= 15 is 0 Å². The van der Waals surface area contributed by atoms with E-state index in [0.717, 1.165) is 37.4 Å². The van der Waals surface area contributed by atoms with Crippen LogP contribution in [-0.4, -0.2) is 50.4 Å². The van der Waals surface area contributed by atoms with E-state index in [1.807, 2.05) is 12.1 Å². The standard InChI is InChI=1S/C24H34N2O3/c1-18-6-8-20(9-7-18)17-29-24(27)25-23(16-26-14-4-5-15-26)19(2)21-10-12-22(28-3)13-11-21/h6,8-13,18-19,23H,4-5,7,14-17H2,1-3H3,(H,25,27)/t18?,19-,23-/m1/s1. The summed E-state index contributed by atoms with van der Waals surface area (Å²) < 4.78 is 10.8. The van der Waals surface area contributed by atoms with Crippen molar-refractivity contribution in [1.29, 1.82) is 0 Å². The van der Waals surface area contributed by atoms with Crippen LogP contribution in [0.2, 0.25) is 0 Å². The quantitative estimate of drug-likeness (QED) is 0.700. The molecule has 0 saturated carbocycles. The van der Waals surface area contributed by atoms with E-state index in [-0.39, 0.29) is 18.1 Å². The summed E-state index contributed by atoms with van der Waals surface area (Å²) in [6, 6.07) is 8.09. The fraction of sp³-hybridized carbons (Fsp3) is 0.542. The second-order valence-electron chi connectivity index (χ2n) is 8.25. The molecule has 1 amide bonds. The number of amides is 1. The van der Waals surface area contributed by atoms with Gasteiger partial charge in [-0.05, 0) is 61.5 Å². The van der Waals surface area contributed by atoms with Gasteiger partial charge in [-0.25, -0.2) is 4.79 Å². The van der Waals surface area contributed by atoms with Gasteiger partial charge in [0.2, 0.25) is 0 Å². The highest BCUT2D eigenvalue weighted by Crippen LogP contribution is 2.24. The zero-order valence-corrected chi connectivity index (χ0v) is 17.9. The highest BCUT2D eigenvalue weighted by Gasteiger charge is 2.26. The lowest BCUT2D eigenvalue weighted by Gasteiger charge is -2.29. The van der Waals surface area contributed by atoms with Crippen LogP contribution in [0.4, 0.5) is 4.79 Å². The summed E-state index contributed by atoms with van der Waals surface area (Å²) in [5.41, 5.74) is 2.25. The monoisotopic (exact) mass is 398 g/mol. The first-order valence-corrected chi connectivity index (χ1v) is 10.7. The van der Waals surface area contributed by atoms with Crippen LogP contribution in [0.25, 0.3) is 0 Å². The number of ether oxygens (including phenoxy) is 2. The van der Waals surface area contributed by atoms with E-state index in [4.69, 9.17) is 9.47 Å². The summed E-state index contributed by atoms with van der Waals surface area (Å²) in [5, 5.41) is 3.13. The number of alkyl carbamates (subject to hydrolysis) is 1. The van der Waals surface area contributed by atoms with Crippen molar-refractivity contribution < 1.29 is 14.3 Å². The summed E-state index contributed by atoms with van der Waals surface area (Å²) in [4.78, 5) is 15.0. The van der Waals surface area contributed by atoms with E-state index in [1.54, 1.807) is 7.11 Å². The van der Waals surface area contributed by atoms with Crippen molar-refractivity contribution in [3.63, 3.8) is 0 Å². The summed E-state index contributed by atoms with van der Waals surface area (Å²) >= 11 is 0. The molecule has 0 spiro atoms. The number of rotatable bonds is 8. The number of hydrogen-bond donors (Lipinski definition) is 1. The van der Waals surface area contributed by atoms with E-state index in [0.29, 0.717) is 12.5 Å². The summed E-state index contributed by atoms with van der Waals surface area (Å²) in [5.74, 6) is 1.57. The minimum atomic E-state index is -0.345. The van der Waals surface area contributed by atoms with E-state index in [2.05, 4.69) is 54.4 Å². The third kappa shape index (κ3) is 6.36. The van der Waals surface area contributed by atoms with Gasteiger partial charge in [-0.15, -0.1) is 0 Å². The normalized spacial score (nSPS) is 21.3. The number of nitrogens with one attached hydrogen (secondary N) is 1. The predicted octanol–water partition coefficient (Wildman–Crippen LogP) is 4.51. The van der Waals surface area contributed by atoms with Crippen LogP contribution in [0.5, 0.6) is 5.75 Å². The minimum Gasteiger partial charge on any atom is -0.497 e. The Morgan fingerprint density at radius 2 is 1.97 bits per heavy atom. The topological polar surface area (TPSA) is 50.8 Å². The molecular formula is C24H34N2O3. The molecule has 29 heavy (non-hydrogen) atoms. The first-order chi connectivity index (χ1) is 14.0. The molecule has 0 aromatic heterocycles. The number of carbonyl (C=O) groups is 1. The Balaban J connectivity index is 1.60. The third-order valence-electron chi connectivity index (χ3n) is 5.96. The maximum atomic E-state index is 12.5.